The second kappa shape index (κ2) is 7.69. The van der Waals surface area contributed by atoms with Crippen molar-refractivity contribution in [3.63, 3.8) is 0 Å². The fourth-order valence-electron chi connectivity index (χ4n) is 5.40. The molecule has 1 amide bonds. The quantitative estimate of drug-likeness (QED) is 0.776. The van der Waals surface area contributed by atoms with Crippen LogP contribution < -0.4 is 10.3 Å². The third-order valence-electron chi connectivity index (χ3n) is 6.97. The second-order valence-electron chi connectivity index (χ2n) is 8.71. The van der Waals surface area contributed by atoms with Crippen LogP contribution in [0, 0.1) is 18.8 Å². The van der Waals surface area contributed by atoms with Crippen LogP contribution in [0.1, 0.15) is 59.4 Å². The molecule has 1 N–H and O–H groups in total. The monoisotopic (exact) mass is 422 g/mol. The highest BCUT2D eigenvalue weighted by Crippen LogP contribution is 2.44. The Morgan fingerprint density at radius 3 is 2.70 bits per heavy atom. The predicted molar refractivity (Wildman–Crippen MR) is 120 cm³/mol. The number of hydrogen-bond donors (Lipinski definition) is 1. The van der Waals surface area contributed by atoms with Crippen molar-refractivity contribution >= 4 is 28.9 Å². The Hall–Kier alpha value is -2.40. The van der Waals surface area contributed by atoms with Crippen molar-refractivity contribution in [1.29, 1.82) is 0 Å². The second-order valence-corrected chi connectivity index (χ2v) is 9.12. The van der Waals surface area contributed by atoms with E-state index in [1.54, 1.807) is 7.05 Å². The molecule has 1 aliphatic heterocycles. The van der Waals surface area contributed by atoms with E-state index in [0.29, 0.717) is 23.6 Å². The smallest absolute Gasteiger partial charge is 0.269 e. The van der Waals surface area contributed by atoms with Crippen molar-refractivity contribution in [2.24, 2.45) is 16.9 Å². The summed E-state index contributed by atoms with van der Waals surface area (Å²) in [6, 6.07) is 10.5. The molecule has 0 radical (unpaired) electrons. The zero-order valence-corrected chi connectivity index (χ0v) is 18.2. The van der Waals surface area contributed by atoms with Crippen molar-refractivity contribution in [2.45, 2.75) is 51.5 Å². The van der Waals surface area contributed by atoms with Gasteiger partial charge in [-0.15, -0.1) is 0 Å². The minimum absolute atomic E-state index is 0.145. The summed E-state index contributed by atoms with van der Waals surface area (Å²) in [7, 11) is 1.64. The first-order chi connectivity index (χ1) is 14.6. The minimum atomic E-state index is -0.145. The molecule has 1 aromatic heterocycles. The SMILES string of the molecule is CNC(=O)c1ccc2c(n1)CCC1C2=NN(c2ccc(C)c(Cl)c2)C1C1CCCC1. The average molecular weight is 423 g/mol. The molecule has 2 unspecified atom stereocenters. The van der Waals surface area contributed by atoms with E-state index in [9.17, 15) is 4.79 Å². The van der Waals surface area contributed by atoms with E-state index in [1.165, 1.54) is 25.7 Å². The average Bonchev–Trinajstić information content (AvgIpc) is 3.42. The van der Waals surface area contributed by atoms with Gasteiger partial charge in [0.15, 0.2) is 0 Å². The van der Waals surface area contributed by atoms with E-state index in [2.05, 4.69) is 27.4 Å². The zero-order valence-electron chi connectivity index (χ0n) is 17.5. The Bertz CT molecular complexity index is 1030. The van der Waals surface area contributed by atoms with Crippen LogP contribution in [-0.2, 0) is 6.42 Å². The van der Waals surface area contributed by atoms with Gasteiger partial charge in [-0.2, -0.15) is 5.10 Å². The number of amides is 1. The maximum atomic E-state index is 12.0. The summed E-state index contributed by atoms with van der Waals surface area (Å²) in [5, 5.41) is 10.8. The van der Waals surface area contributed by atoms with Crippen molar-refractivity contribution in [3.05, 3.63) is 57.9 Å². The first kappa shape index (κ1) is 19.6. The van der Waals surface area contributed by atoms with Crippen LogP contribution in [0.25, 0.3) is 0 Å². The Morgan fingerprint density at radius 2 is 1.97 bits per heavy atom. The van der Waals surface area contributed by atoms with E-state index >= 15 is 0 Å². The van der Waals surface area contributed by atoms with Gasteiger partial charge in [-0.3, -0.25) is 9.80 Å². The van der Waals surface area contributed by atoms with Gasteiger partial charge in [0.25, 0.3) is 5.91 Å². The van der Waals surface area contributed by atoms with Gasteiger partial charge in [0.1, 0.15) is 5.69 Å². The number of nitrogens with one attached hydrogen (secondary N) is 1. The first-order valence-electron chi connectivity index (χ1n) is 10.9. The van der Waals surface area contributed by atoms with Gasteiger partial charge in [-0.1, -0.05) is 30.5 Å². The number of nitrogens with zero attached hydrogens (tertiary/aromatic N) is 3. The van der Waals surface area contributed by atoms with Gasteiger partial charge in [0.2, 0.25) is 0 Å². The van der Waals surface area contributed by atoms with E-state index in [-0.39, 0.29) is 5.91 Å². The molecule has 5 rings (SSSR count). The lowest BCUT2D eigenvalue weighted by Gasteiger charge is -2.34. The first-order valence-corrected chi connectivity index (χ1v) is 11.3. The molecular weight excluding hydrogens is 396 g/mol. The highest BCUT2D eigenvalue weighted by Gasteiger charge is 2.45. The number of hydrogen-bond acceptors (Lipinski definition) is 4. The zero-order chi connectivity index (χ0) is 20.8. The number of anilines is 1. The number of halogens is 1. The topological polar surface area (TPSA) is 57.6 Å². The Balaban J connectivity index is 1.57. The van der Waals surface area contributed by atoms with Crippen LogP contribution in [0.5, 0.6) is 0 Å². The normalized spacial score (nSPS) is 23.2. The molecule has 30 heavy (non-hydrogen) atoms. The summed E-state index contributed by atoms with van der Waals surface area (Å²) in [6.07, 6.45) is 7.04. The lowest BCUT2D eigenvalue weighted by molar-refractivity contribution is 0.0958. The summed E-state index contributed by atoms with van der Waals surface area (Å²) < 4.78 is 0. The molecule has 0 spiro atoms. The van der Waals surface area contributed by atoms with Crippen LogP contribution in [0.4, 0.5) is 5.69 Å². The Labute approximate surface area is 182 Å². The maximum absolute atomic E-state index is 12.0. The standard InChI is InChI=1S/C24H27ClN4O/c1-14-7-8-16(13-19(14)25)29-23(15-5-3-4-6-15)18-10-11-20-17(22(18)28-29)9-12-21(27-20)24(30)26-2/h7-9,12-13,15,18,23H,3-6,10-11H2,1-2H3,(H,26,30). The van der Waals surface area contributed by atoms with E-state index in [0.717, 1.165) is 46.1 Å². The summed E-state index contributed by atoms with van der Waals surface area (Å²) in [5.41, 5.74) is 5.84. The lowest BCUT2D eigenvalue weighted by atomic mass is 9.76. The molecule has 3 aliphatic rings. The fraction of sp³-hybridized carbons (Fsp3) is 0.458. The number of fused-ring (bicyclic) bond motifs is 3. The van der Waals surface area contributed by atoms with Crippen molar-refractivity contribution < 1.29 is 4.79 Å². The fourth-order valence-corrected chi connectivity index (χ4v) is 5.58. The van der Waals surface area contributed by atoms with Gasteiger partial charge in [0.05, 0.1) is 23.1 Å². The number of benzene rings is 1. The number of hydrazone groups is 1. The minimum Gasteiger partial charge on any atom is -0.354 e. The number of carbonyl (C=O) groups excluding carboxylic acids is 1. The molecule has 2 aromatic rings. The van der Waals surface area contributed by atoms with Gasteiger partial charge in [-0.05, 0) is 68.4 Å². The van der Waals surface area contributed by atoms with Gasteiger partial charge in [0, 0.05) is 23.6 Å². The number of aryl methyl sites for hydroxylation is 2. The molecule has 2 heterocycles. The highest BCUT2D eigenvalue weighted by molar-refractivity contribution is 6.31. The molecule has 6 heteroatoms. The highest BCUT2D eigenvalue weighted by atomic mass is 35.5. The number of carbonyl (C=O) groups is 1. The molecule has 1 aromatic carbocycles. The van der Waals surface area contributed by atoms with E-state index in [4.69, 9.17) is 16.7 Å². The van der Waals surface area contributed by atoms with Crippen LogP contribution in [-0.4, -0.2) is 29.7 Å². The third kappa shape index (κ3) is 3.20. The van der Waals surface area contributed by atoms with Crippen LogP contribution in [0.2, 0.25) is 5.02 Å². The number of aromatic nitrogens is 1. The van der Waals surface area contributed by atoms with E-state index in [1.807, 2.05) is 25.1 Å². The predicted octanol–water partition coefficient (Wildman–Crippen LogP) is 4.75. The van der Waals surface area contributed by atoms with Crippen LogP contribution in [0.3, 0.4) is 0 Å². The largest absolute Gasteiger partial charge is 0.354 e. The van der Waals surface area contributed by atoms with E-state index < -0.39 is 0 Å². The van der Waals surface area contributed by atoms with Crippen LogP contribution in [0.15, 0.2) is 35.4 Å². The number of pyridine rings is 1. The molecule has 0 saturated heterocycles. The molecule has 156 valence electrons. The maximum Gasteiger partial charge on any atom is 0.269 e. The molecule has 2 atom stereocenters. The Morgan fingerprint density at radius 1 is 1.17 bits per heavy atom. The number of rotatable bonds is 3. The van der Waals surface area contributed by atoms with Crippen molar-refractivity contribution in [1.82, 2.24) is 10.3 Å². The summed E-state index contributed by atoms with van der Waals surface area (Å²) in [5.74, 6) is 0.900. The summed E-state index contributed by atoms with van der Waals surface area (Å²) in [4.78, 5) is 16.7. The lowest BCUT2D eigenvalue weighted by Crippen LogP contribution is -2.40. The molecular formula is C24H27ClN4O. The molecule has 1 saturated carbocycles. The van der Waals surface area contributed by atoms with Gasteiger partial charge in [-0.25, -0.2) is 4.98 Å². The molecule has 0 bridgehead atoms. The summed E-state index contributed by atoms with van der Waals surface area (Å²) >= 11 is 6.47. The van der Waals surface area contributed by atoms with Gasteiger partial charge >= 0.3 is 0 Å². The van der Waals surface area contributed by atoms with Crippen molar-refractivity contribution in [3.8, 4) is 0 Å². The van der Waals surface area contributed by atoms with Crippen LogP contribution >= 0.6 is 11.6 Å². The molecule has 5 nitrogen and oxygen atoms in total. The Kier molecular flexibility index (Phi) is 5.02. The van der Waals surface area contributed by atoms with Crippen molar-refractivity contribution in [2.75, 3.05) is 12.1 Å². The third-order valence-corrected chi connectivity index (χ3v) is 7.37. The molecule has 2 aliphatic carbocycles. The van der Waals surface area contributed by atoms with Gasteiger partial charge < -0.3 is 5.32 Å². The summed E-state index contributed by atoms with van der Waals surface area (Å²) in [6.45, 7) is 2.03. The molecule has 1 fully saturated rings.